The van der Waals surface area contributed by atoms with Gasteiger partial charge in [0, 0.05) is 11.1 Å². The van der Waals surface area contributed by atoms with E-state index in [1.54, 1.807) is 18.2 Å². The number of ether oxygens (including phenoxy) is 1. The van der Waals surface area contributed by atoms with E-state index >= 15 is 0 Å². The van der Waals surface area contributed by atoms with Gasteiger partial charge < -0.3 is 4.74 Å². The minimum atomic E-state index is -0.608. The number of hydrogen-bond acceptors (Lipinski definition) is 3. The van der Waals surface area contributed by atoms with Gasteiger partial charge in [-0.25, -0.2) is 9.59 Å². The summed E-state index contributed by atoms with van der Waals surface area (Å²) in [6.45, 7) is 4.00. The standard InChI is InChI=1S/C16H8O3.C2H6/c17-15-13-9-8-12(10-14(13)16(18)19-15)7-6-11-4-2-1-3-5-11;1-2/h1-5,8-10H;1-2H3. The lowest BCUT2D eigenvalue weighted by Crippen LogP contribution is -1.96. The Bertz CT molecular complexity index is 734. The Morgan fingerprint density at radius 3 is 2.10 bits per heavy atom. The van der Waals surface area contributed by atoms with Crippen LogP contribution in [0.1, 0.15) is 45.7 Å². The maximum Gasteiger partial charge on any atom is 0.346 e. The smallest absolute Gasteiger partial charge is 0.346 e. The molecule has 0 saturated heterocycles. The van der Waals surface area contributed by atoms with E-state index in [1.165, 1.54) is 0 Å². The first-order valence-electron chi connectivity index (χ1n) is 6.72. The van der Waals surface area contributed by atoms with Gasteiger partial charge in [-0.05, 0) is 30.3 Å². The monoisotopic (exact) mass is 278 g/mol. The van der Waals surface area contributed by atoms with E-state index in [0.29, 0.717) is 11.1 Å². The highest BCUT2D eigenvalue weighted by Crippen LogP contribution is 2.20. The summed E-state index contributed by atoms with van der Waals surface area (Å²) < 4.78 is 4.52. The second kappa shape index (κ2) is 6.53. The maximum absolute atomic E-state index is 11.4. The minimum Gasteiger partial charge on any atom is -0.386 e. The lowest BCUT2D eigenvalue weighted by atomic mass is 10.1. The Morgan fingerprint density at radius 1 is 0.762 bits per heavy atom. The highest BCUT2D eigenvalue weighted by atomic mass is 16.6. The van der Waals surface area contributed by atoms with Crippen molar-refractivity contribution in [1.82, 2.24) is 0 Å². The molecule has 2 aromatic rings. The van der Waals surface area contributed by atoms with Crippen molar-refractivity contribution in [1.29, 1.82) is 0 Å². The molecule has 0 aromatic heterocycles. The molecule has 3 nitrogen and oxygen atoms in total. The van der Waals surface area contributed by atoms with Gasteiger partial charge in [0.1, 0.15) is 0 Å². The van der Waals surface area contributed by atoms with Gasteiger partial charge >= 0.3 is 11.9 Å². The summed E-state index contributed by atoms with van der Waals surface area (Å²) in [5.41, 5.74) is 2.15. The molecule has 0 amide bonds. The average Bonchev–Trinajstić information content (AvgIpc) is 2.83. The molecule has 0 aliphatic carbocycles. The number of carbonyl (C=O) groups is 2. The maximum atomic E-state index is 11.4. The summed E-state index contributed by atoms with van der Waals surface area (Å²) in [6, 6.07) is 14.4. The Labute approximate surface area is 123 Å². The van der Waals surface area contributed by atoms with Crippen LogP contribution in [0.2, 0.25) is 0 Å². The zero-order valence-corrected chi connectivity index (χ0v) is 11.8. The van der Waals surface area contributed by atoms with Crippen molar-refractivity contribution in [3.05, 3.63) is 70.8 Å². The van der Waals surface area contributed by atoms with Crippen LogP contribution >= 0.6 is 0 Å². The van der Waals surface area contributed by atoms with Crippen LogP contribution in [0.15, 0.2) is 48.5 Å². The Hall–Kier alpha value is -2.86. The van der Waals surface area contributed by atoms with Gasteiger partial charge in [0.25, 0.3) is 0 Å². The first-order chi connectivity index (χ1) is 10.2. The number of fused-ring (bicyclic) bond motifs is 1. The predicted octanol–water partition coefficient (Wildman–Crippen LogP) is 3.42. The molecule has 0 fully saturated rings. The van der Waals surface area contributed by atoms with Gasteiger partial charge in [-0.3, -0.25) is 0 Å². The zero-order chi connectivity index (χ0) is 15.2. The summed E-state index contributed by atoms with van der Waals surface area (Å²) >= 11 is 0. The SMILES string of the molecule is CC.O=C1OC(=O)c2cc(C#Cc3ccccc3)ccc21. The molecule has 104 valence electrons. The van der Waals surface area contributed by atoms with E-state index in [0.717, 1.165) is 5.56 Å². The van der Waals surface area contributed by atoms with Crippen LogP contribution in [-0.4, -0.2) is 11.9 Å². The van der Waals surface area contributed by atoms with Crippen LogP contribution in [0, 0.1) is 11.8 Å². The molecular formula is C18H14O3. The minimum absolute atomic E-state index is 0.282. The van der Waals surface area contributed by atoms with Crippen molar-refractivity contribution >= 4 is 11.9 Å². The molecular weight excluding hydrogens is 264 g/mol. The van der Waals surface area contributed by atoms with Gasteiger partial charge in [0.15, 0.2) is 0 Å². The van der Waals surface area contributed by atoms with Crippen molar-refractivity contribution in [2.45, 2.75) is 13.8 Å². The normalized spacial score (nSPS) is 11.5. The molecule has 3 heteroatoms. The van der Waals surface area contributed by atoms with Gasteiger partial charge in [0.05, 0.1) is 11.1 Å². The van der Waals surface area contributed by atoms with Crippen LogP contribution in [-0.2, 0) is 4.74 Å². The molecule has 0 atom stereocenters. The van der Waals surface area contributed by atoms with E-state index in [1.807, 2.05) is 44.2 Å². The number of hydrogen-bond donors (Lipinski definition) is 0. The summed E-state index contributed by atoms with van der Waals surface area (Å²) in [4.78, 5) is 22.7. The Morgan fingerprint density at radius 2 is 1.38 bits per heavy atom. The quantitative estimate of drug-likeness (QED) is 0.421. The van der Waals surface area contributed by atoms with Crippen molar-refractivity contribution in [2.75, 3.05) is 0 Å². The molecule has 1 aliphatic rings. The Kier molecular flexibility index (Phi) is 4.53. The van der Waals surface area contributed by atoms with Crippen molar-refractivity contribution in [3.8, 4) is 11.8 Å². The van der Waals surface area contributed by atoms with Crippen molar-refractivity contribution < 1.29 is 14.3 Å². The molecule has 0 saturated carbocycles. The lowest BCUT2D eigenvalue weighted by Gasteiger charge is -1.93. The second-order valence-corrected chi connectivity index (χ2v) is 4.05. The highest BCUT2D eigenvalue weighted by Gasteiger charge is 2.29. The third-order valence-electron chi connectivity index (χ3n) is 2.77. The fraction of sp³-hybridized carbons (Fsp3) is 0.111. The fourth-order valence-electron chi connectivity index (χ4n) is 1.83. The molecule has 0 unspecified atom stereocenters. The third-order valence-corrected chi connectivity index (χ3v) is 2.77. The van der Waals surface area contributed by atoms with Crippen LogP contribution in [0.4, 0.5) is 0 Å². The molecule has 1 heterocycles. The summed E-state index contributed by atoms with van der Waals surface area (Å²) in [5, 5.41) is 0. The first kappa shape index (κ1) is 14.5. The molecule has 0 spiro atoms. The van der Waals surface area contributed by atoms with E-state index in [9.17, 15) is 9.59 Å². The van der Waals surface area contributed by atoms with E-state index in [4.69, 9.17) is 0 Å². The summed E-state index contributed by atoms with van der Waals surface area (Å²) in [7, 11) is 0. The van der Waals surface area contributed by atoms with Gasteiger partial charge in [-0.15, -0.1) is 0 Å². The van der Waals surface area contributed by atoms with E-state index in [2.05, 4.69) is 16.6 Å². The summed E-state index contributed by atoms with van der Waals surface area (Å²) in [5.74, 6) is 4.75. The van der Waals surface area contributed by atoms with Gasteiger partial charge in [0.2, 0.25) is 0 Å². The molecule has 1 aliphatic heterocycles. The van der Waals surface area contributed by atoms with E-state index < -0.39 is 11.9 Å². The van der Waals surface area contributed by atoms with E-state index in [-0.39, 0.29) is 5.56 Å². The predicted molar refractivity (Wildman–Crippen MR) is 80.0 cm³/mol. The van der Waals surface area contributed by atoms with Crippen LogP contribution in [0.3, 0.4) is 0 Å². The molecule has 21 heavy (non-hydrogen) atoms. The van der Waals surface area contributed by atoms with Crippen molar-refractivity contribution in [3.63, 3.8) is 0 Å². The van der Waals surface area contributed by atoms with Crippen LogP contribution in [0.25, 0.3) is 0 Å². The molecule has 2 aromatic carbocycles. The number of rotatable bonds is 0. The largest absolute Gasteiger partial charge is 0.386 e. The number of cyclic esters (lactones) is 2. The van der Waals surface area contributed by atoms with Gasteiger partial charge in [-0.2, -0.15) is 0 Å². The Balaban J connectivity index is 0.000000774. The first-order valence-corrected chi connectivity index (χ1v) is 6.72. The summed E-state index contributed by atoms with van der Waals surface area (Å²) in [6.07, 6.45) is 0. The molecule has 3 rings (SSSR count). The highest BCUT2D eigenvalue weighted by molar-refractivity contribution is 6.14. The number of carbonyl (C=O) groups excluding carboxylic acids is 2. The fourth-order valence-corrected chi connectivity index (χ4v) is 1.83. The third kappa shape index (κ3) is 3.18. The molecule has 0 bridgehead atoms. The van der Waals surface area contributed by atoms with Crippen molar-refractivity contribution in [2.24, 2.45) is 0 Å². The van der Waals surface area contributed by atoms with Crippen LogP contribution < -0.4 is 0 Å². The second-order valence-electron chi connectivity index (χ2n) is 4.05. The zero-order valence-electron chi connectivity index (χ0n) is 11.8. The van der Waals surface area contributed by atoms with Crippen LogP contribution in [0.5, 0.6) is 0 Å². The van der Waals surface area contributed by atoms with Gasteiger partial charge in [-0.1, -0.05) is 43.9 Å². The number of benzene rings is 2. The average molecular weight is 278 g/mol. The molecule has 0 radical (unpaired) electrons. The topological polar surface area (TPSA) is 43.4 Å². The number of esters is 2. The lowest BCUT2D eigenvalue weighted by molar-refractivity contribution is 0.0444. The molecule has 0 N–H and O–H groups in total.